The Labute approximate surface area is 185 Å². The summed E-state index contributed by atoms with van der Waals surface area (Å²) in [7, 11) is 1.73. The van der Waals surface area contributed by atoms with E-state index in [0.717, 1.165) is 43.5 Å². The molecule has 4 rings (SSSR count). The van der Waals surface area contributed by atoms with Gasteiger partial charge in [0.05, 0.1) is 13.5 Å². The van der Waals surface area contributed by atoms with Gasteiger partial charge in [-0.15, -0.1) is 0 Å². The second-order valence-corrected chi connectivity index (χ2v) is 8.32. The Morgan fingerprint density at radius 2 is 1.71 bits per heavy atom. The monoisotopic (exact) mass is 413 g/mol. The number of aryl methyl sites for hydroxylation is 1. The van der Waals surface area contributed by atoms with Crippen LogP contribution in [0.4, 0.5) is 0 Å². The SMILES string of the molecule is CCCN(C(=O)Cc1ccc(-c2ccccc2)cc1)C1CCc2cccc(OC)c2C1. The first-order valence-electron chi connectivity index (χ1n) is 11.3. The summed E-state index contributed by atoms with van der Waals surface area (Å²) in [5.74, 6) is 1.17. The lowest BCUT2D eigenvalue weighted by molar-refractivity contribution is -0.133. The summed E-state index contributed by atoms with van der Waals surface area (Å²) < 4.78 is 5.60. The second kappa shape index (κ2) is 9.82. The first kappa shape index (κ1) is 21.2. The number of fused-ring (bicyclic) bond motifs is 1. The van der Waals surface area contributed by atoms with Crippen LogP contribution in [-0.2, 0) is 24.1 Å². The van der Waals surface area contributed by atoms with Crippen LogP contribution in [-0.4, -0.2) is 30.5 Å². The molecule has 1 unspecified atom stereocenters. The average Bonchev–Trinajstić information content (AvgIpc) is 2.82. The molecule has 3 aromatic rings. The topological polar surface area (TPSA) is 29.5 Å². The lowest BCUT2D eigenvalue weighted by Gasteiger charge is -2.36. The fourth-order valence-corrected chi connectivity index (χ4v) is 4.67. The van der Waals surface area contributed by atoms with Gasteiger partial charge in [-0.2, -0.15) is 0 Å². The van der Waals surface area contributed by atoms with E-state index in [1.54, 1.807) is 7.11 Å². The molecule has 3 nitrogen and oxygen atoms in total. The molecule has 0 aliphatic heterocycles. The number of ether oxygens (including phenoxy) is 1. The predicted octanol–water partition coefficient (Wildman–Crippen LogP) is 5.70. The number of nitrogens with zero attached hydrogens (tertiary/aromatic N) is 1. The number of carbonyl (C=O) groups is 1. The summed E-state index contributed by atoms with van der Waals surface area (Å²) in [6.07, 6.45) is 4.30. The molecule has 0 radical (unpaired) electrons. The maximum atomic E-state index is 13.3. The highest BCUT2D eigenvalue weighted by Gasteiger charge is 2.28. The molecule has 1 aliphatic rings. The van der Waals surface area contributed by atoms with Crippen LogP contribution in [0, 0.1) is 0 Å². The second-order valence-electron chi connectivity index (χ2n) is 8.32. The van der Waals surface area contributed by atoms with Crippen molar-refractivity contribution in [2.75, 3.05) is 13.7 Å². The van der Waals surface area contributed by atoms with Crippen LogP contribution in [0.1, 0.15) is 36.5 Å². The van der Waals surface area contributed by atoms with E-state index in [-0.39, 0.29) is 11.9 Å². The number of benzene rings is 3. The summed E-state index contributed by atoms with van der Waals surface area (Å²) in [4.78, 5) is 15.4. The van der Waals surface area contributed by atoms with Crippen molar-refractivity contribution < 1.29 is 9.53 Å². The van der Waals surface area contributed by atoms with E-state index in [2.05, 4.69) is 60.4 Å². The van der Waals surface area contributed by atoms with E-state index in [0.29, 0.717) is 6.42 Å². The zero-order valence-corrected chi connectivity index (χ0v) is 18.5. The van der Waals surface area contributed by atoms with Gasteiger partial charge in [-0.1, -0.05) is 73.7 Å². The number of rotatable bonds is 7. The highest BCUT2D eigenvalue weighted by molar-refractivity contribution is 5.79. The molecule has 0 heterocycles. The van der Waals surface area contributed by atoms with Gasteiger partial charge in [-0.25, -0.2) is 0 Å². The number of amides is 1. The smallest absolute Gasteiger partial charge is 0.227 e. The highest BCUT2D eigenvalue weighted by atomic mass is 16.5. The Bertz CT molecular complexity index is 997. The van der Waals surface area contributed by atoms with E-state index >= 15 is 0 Å². The summed E-state index contributed by atoms with van der Waals surface area (Å²) in [6.45, 7) is 2.95. The Kier molecular flexibility index (Phi) is 6.71. The minimum atomic E-state index is 0.220. The zero-order valence-electron chi connectivity index (χ0n) is 18.5. The van der Waals surface area contributed by atoms with Crippen LogP contribution in [0.2, 0.25) is 0 Å². The van der Waals surface area contributed by atoms with Crippen molar-refractivity contribution in [1.82, 2.24) is 4.90 Å². The van der Waals surface area contributed by atoms with Gasteiger partial charge in [-0.05, 0) is 59.6 Å². The van der Waals surface area contributed by atoms with Crippen LogP contribution < -0.4 is 4.74 Å². The van der Waals surface area contributed by atoms with Gasteiger partial charge in [0, 0.05) is 12.6 Å². The van der Waals surface area contributed by atoms with Crippen molar-refractivity contribution in [3.05, 3.63) is 89.5 Å². The van der Waals surface area contributed by atoms with Gasteiger partial charge < -0.3 is 9.64 Å². The Morgan fingerprint density at radius 1 is 0.968 bits per heavy atom. The van der Waals surface area contributed by atoms with Crippen LogP contribution in [0.15, 0.2) is 72.8 Å². The zero-order chi connectivity index (χ0) is 21.6. The minimum Gasteiger partial charge on any atom is -0.496 e. The molecule has 0 fully saturated rings. The molecule has 0 N–H and O–H groups in total. The van der Waals surface area contributed by atoms with E-state index in [4.69, 9.17) is 4.74 Å². The molecule has 3 aromatic carbocycles. The Balaban J connectivity index is 1.48. The lowest BCUT2D eigenvalue weighted by Crippen LogP contribution is -2.44. The van der Waals surface area contributed by atoms with Gasteiger partial charge in [0.2, 0.25) is 5.91 Å². The number of hydrogen-bond donors (Lipinski definition) is 0. The average molecular weight is 414 g/mol. The maximum Gasteiger partial charge on any atom is 0.227 e. The van der Waals surface area contributed by atoms with Crippen molar-refractivity contribution in [2.24, 2.45) is 0 Å². The van der Waals surface area contributed by atoms with E-state index in [1.165, 1.54) is 22.3 Å². The van der Waals surface area contributed by atoms with Crippen molar-refractivity contribution in [2.45, 2.75) is 45.1 Å². The van der Waals surface area contributed by atoms with Gasteiger partial charge in [0.15, 0.2) is 0 Å². The summed E-state index contributed by atoms with van der Waals surface area (Å²) in [5.41, 5.74) is 6.07. The van der Waals surface area contributed by atoms with E-state index in [1.807, 2.05) is 24.3 Å². The predicted molar refractivity (Wildman–Crippen MR) is 126 cm³/mol. The van der Waals surface area contributed by atoms with Crippen LogP contribution in [0.5, 0.6) is 5.75 Å². The van der Waals surface area contributed by atoms with Gasteiger partial charge in [0.1, 0.15) is 5.75 Å². The van der Waals surface area contributed by atoms with Crippen molar-refractivity contribution in [1.29, 1.82) is 0 Å². The van der Waals surface area contributed by atoms with Crippen LogP contribution >= 0.6 is 0 Å². The van der Waals surface area contributed by atoms with E-state index < -0.39 is 0 Å². The standard InChI is InChI=1S/C28H31NO2/c1-3-18-29(25-17-16-24-10-7-11-27(31-2)26(24)20-25)28(30)19-21-12-14-23(15-13-21)22-8-5-4-6-9-22/h4-15,25H,3,16-20H2,1-2H3. The van der Waals surface area contributed by atoms with Gasteiger partial charge >= 0.3 is 0 Å². The number of hydrogen-bond acceptors (Lipinski definition) is 2. The first-order valence-corrected chi connectivity index (χ1v) is 11.3. The molecule has 0 saturated heterocycles. The normalized spacial score (nSPS) is 15.2. The quantitative estimate of drug-likeness (QED) is 0.497. The molecule has 31 heavy (non-hydrogen) atoms. The molecule has 0 aromatic heterocycles. The highest BCUT2D eigenvalue weighted by Crippen LogP contribution is 2.32. The molecule has 160 valence electrons. The fourth-order valence-electron chi connectivity index (χ4n) is 4.67. The number of carbonyl (C=O) groups excluding carboxylic acids is 1. The van der Waals surface area contributed by atoms with Crippen LogP contribution in [0.3, 0.4) is 0 Å². The van der Waals surface area contributed by atoms with Crippen LogP contribution in [0.25, 0.3) is 11.1 Å². The molecule has 0 bridgehead atoms. The molecule has 0 spiro atoms. The van der Waals surface area contributed by atoms with Gasteiger partial charge in [0.25, 0.3) is 0 Å². The largest absolute Gasteiger partial charge is 0.496 e. The number of methoxy groups -OCH3 is 1. The van der Waals surface area contributed by atoms with E-state index in [9.17, 15) is 4.79 Å². The lowest BCUT2D eigenvalue weighted by atomic mass is 9.86. The fraction of sp³-hybridized carbons (Fsp3) is 0.321. The maximum absolute atomic E-state index is 13.3. The van der Waals surface area contributed by atoms with Crippen molar-refractivity contribution >= 4 is 5.91 Å². The summed E-state index contributed by atoms with van der Waals surface area (Å²) in [6, 6.07) is 25.3. The first-order chi connectivity index (χ1) is 15.2. The molecule has 1 amide bonds. The Morgan fingerprint density at radius 3 is 2.42 bits per heavy atom. The van der Waals surface area contributed by atoms with Crippen molar-refractivity contribution in [3.63, 3.8) is 0 Å². The molecule has 1 atom stereocenters. The molecular weight excluding hydrogens is 382 g/mol. The Hall–Kier alpha value is -3.07. The summed E-state index contributed by atoms with van der Waals surface area (Å²) in [5, 5.41) is 0. The van der Waals surface area contributed by atoms with Gasteiger partial charge in [-0.3, -0.25) is 4.79 Å². The van der Waals surface area contributed by atoms with Crippen molar-refractivity contribution in [3.8, 4) is 16.9 Å². The minimum absolute atomic E-state index is 0.220. The third-order valence-electron chi connectivity index (χ3n) is 6.28. The molecule has 1 aliphatic carbocycles. The molecule has 0 saturated carbocycles. The molecule has 3 heteroatoms. The third-order valence-corrected chi connectivity index (χ3v) is 6.28. The summed E-state index contributed by atoms with van der Waals surface area (Å²) >= 11 is 0. The molecular formula is C28H31NO2. The third kappa shape index (κ3) is 4.82.